The normalized spacial score (nSPS) is 16.3. The van der Waals surface area contributed by atoms with Gasteiger partial charge in [0.05, 0.1) is 11.9 Å². The van der Waals surface area contributed by atoms with Crippen LogP contribution in [0.5, 0.6) is 0 Å². The van der Waals surface area contributed by atoms with E-state index in [4.69, 9.17) is 0 Å². The number of nitrogens with zero attached hydrogens (tertiary/aromatic N) is 5. The van der Waals surface area contributed by atoms with E-state index in [1.54, 1.807) is 22.8 Å². The van der Waals surface area contributed by atoms with Gasteiger partial charge in [0, 0.05) is 39.9 Å². The summed E-state index contributed by atoms with van der Waals surface area (Å²) in [4.78, 5) is 20.4. The average molecular weight is 324 g/mol. The van der Waals surface area contributed by atoms with Gasteiger partial charge in [0.25, 0.3) is 0 Å². The van der Waals surface area contributed by atoms with Crippen LogP contribution in [-0.4, -0.2) is 71.8 Å². The van der Waals surface area contributed by atoms with Crippen molar-refractivity contribution in [2.75, 3.05) is 50.1 Å². The Morgan fingerprint density at radius 3 is 2.91 bits per heavy atom. The molecule has 7 nitrogen and oxygen atoms in total. The first-order valence-corrected chi connectivity index (χ1v) is 8.78. The van der Waals surface area contributed by atoms with Crippen LogP contribution in [0.1, 0.15) is 6.42 Å². The molecule has 1 aliphatic heterocycles. The Bertz CT molecular complexity index is 529. The lowest BCUT2D eigenvalue weighted by Crippen LogP contribution is -2.55. The number of thioether (sulfide) groups is 1. The average Bonchev–Trinajstić information content (AvgIpc) is 2.93. The van der Waals surface area contributed by atoms with Gasteiger partial charge in [-0.25, -0.2) is 0 Å². The lowest BCUT2D eigenvalue weighted by atomic mass is 10.3. The molecule has 1 saturated heterocycles. The van der Waals surface area contributed by atoms with Gasteiger partial charge in [-0.1, -0.05) is 0 Å². The molecule has 122 valence electrons. The first-order valence-electron chi connectivity index (χ1n) is 7.39. The van der Waals surface area contributed by atoms with Gasteiger partial charge in [0.1, 0.15) is 6.54 Å². The van der Waals surface area contributed by atoms with Gasteiger partial charge in [-0.15, -0.1) is 0 Å². The van der Waals surface area contributed by atoms with Crippen LogP contribution >= 0.6 is 11.8 Å². The van der Waals surface area contributed by atoms with Crippen LogP contribution in [0.4, 0.5) is 5.69 Å². The maximum absolute atomic E-state index is 12.4. The molecule has 8 heteroatoms. The van der Waals surface area contributed by atoms with Gasteiger partial charge >= 0.3 is 0 Å². The molecule has 2 heterocycles. The Hall–Kier alpha value is -1.70. The number of carbonyl (C=O) groups excluding carboxylic acids is 1. The first kappa shape index (κ1) is 16.7. The Morgan fingerprint density at radius 1 is 1.50 bits per heavy atom. The third kappa shape index (κ3) is 4.16. The van der Waals surface area contributed by atoms with Gasteiger partial charge in [0.2, 0.25) is 5.91 Å². The molecule has 1 N–H and O–H groups in total. The number of aliphatic imine (C=N–C) groups is 1. The van der Waals surface area contributed by atoms with E-state index in [1.165, 1.54) is 0 Å². The molecule has 2 rings (SSSR count). The van der Waals surface area contributed by atoms with Crippen LogP contribution < -0.4 is 10.2 Å². The second-order valence-electron chi connectivity index (χ2n) is 5.16. The van der Waals surface area contributed by atoms with E-state index in [0.717, 1.165) is 36.9 Å². The lowest BCUT2D eigenvalue weighted by molar-refractivity contribution is -0.120. The number of guanidine groups is 1. The van der Waals surface area contributed by atoms with E-state index < -0.39 is 0 Å². The summed E-state index contributed by atoms with van der Waals surface area (Å²) in [5, 5.41) is 7.45. The SMILES string of the molecule is CN=C(NCCCSC)N1CCN(c2cnn(C)c2)C(=O)C1. The summed E-state index contributed by atoms with van der Waals surface area (Å²) in [5.74, 6) is 2.00. The van der Waals surface area contributed by atoms with Gasteiger partial charge in [-0.3, -0.25) is 14.5 Å². The van der Waals surface area contributed by atoms with E-state index in [9.17, 15) is 4.79 Å². The molecule has 0 atom stereocenters. The van der Waals surface area contributed by atoms with Crippen molar-refractivity contribution in [3.8, 4) is 0 Å². The highest BCUT2D eigenvalue weighted by Gasteiger charge is 2.27. The molecule has 1 aromatic heterocycles. The smallest absolute Gasteiger partial charge is 0.246 e. The minimum atomic E-state index is 0.0753. The highest BCUT2D eigenvalue weighted by Crippen LogP contribution is 2.15. The topological polar surface area (TPSA) is 65.8 Å². The second-order valence-corrected chi connectivity index (χ2v) is 6.15. The number of rotatable bonds is 5. The van der Waals surface area contributed by atoms with E-state index in [0.29, 0.717) is 13.1 Å². The number of hydrogen-bond acceptors (Lipinski definition) is 4. The maximum atomic E-state index is 12.4. The molecule has 0 bridgehead atoms. The predicted molar refractivity (Wildman–Crippen MR) is 91.5 cm³/mol. The predicted octanol–water partition coefficient (Wildman–Crippen LogP) is 0.397. The number of anilines is 1. The summed E-state index contributed by atoms with van der Waals surface area (Å²) in [6, 6.07) is 0. The molecular formula is C14H24N6OS. The van der Waals surface area contributed by atoms with Gasteiger partial charge in [0.15, 0.2) is 5.96 Å². The van der Waals surface area contributed by atoms with E-state index in [-0.39, 0.29) is 5.91 Å². The molecule has 0 radical (unpaired) electrons. The summed E-state index contributed by atoms with van der Waals surface area (Å²) in [7, 11) is 3.61. The molecule has 0 aliphatic carbocycles. The van der Waals surface area contributed by atoms with Crippen molar-refractivity contribution >= 4 is 29.3 Å². The Morgan fingerprint density at radius 2 is 2.32 bits per heavy atom. The minimum absolute atomic E-state index is 0.0753. The van der Waals surface area contributed by atoms with Crippen molar-refractivity contribution in [3.63, 3.8) is 0 Å². The third-order valence-electron chi connectivity index (χ3n) is 3.54. The summed E-state index contributed by atoms with van der Waals surface area (Å²) in [6.45, 7) is 2.64. The fourth-order valence-corrected chi connectivity index (χ4v) is 2.86. The molecule has 22 heavy (non-hydrogen) atoms. The highest BCUT2D eigenvalue weighted by atomic mass is 32.2. The molecular weight excluding hydrogens is 300 g/mol. The molecule has 1 amide bonds. The number of piperazine rings is 1. The first-order chi connectivity index (χ1) is 10.7. The largest absolute Gasteiger partial charge is 0.356 e. The fraction of sp³-hybridized carbons (Fsp3) is 0.643. The minimum Gasteiger partial charge on any atom is -0.356 e. The molecule has 0 unspecified atom stereocenters. The molecule has 1 fully saturated rings. The van der Waals surface area contributed by atoms with Gasteiger partial charge < -0.3 is 15.1 Å². The highest BCUT2D eigenvalue weighted by molar-refractivity contribution is 7.98. The van der Waals surface area contributed by atoms with Crippen molar-refractivity contribution in [2.24, 2.45) is 12.0 Å². The fourth-order valence-electron chi connectivity index (χ4n) is 2.42. The summed E-state index contributed by atoms with van der Waals surface area (Å²) in [6.07, 6.45) is 6.78. The monoisotopic (exact) mass is 324 g/mol. The molecule has 1 aliphatic rings. The zero-order valence-electron chi connectivity index (χ0n) is 13.4. The number of aromatic nitrogens is 2. The Kier molecular flexibility index (Phi) is 6.11. The number of aryl methyl sites for hydroxylation is 1. The maximum Gasteiger partial charge on any atom is 0.246 e. The number of amides is 1. The van der Waals surface area contributed by atoms with Crippen molar-refractivity contribution in [2.45, 2.75) is 6.42 Å². The Labute approximate surface area is 135 Å². The van der Waals surface area contributed by atoms with Crippen LogP contribution in [0, 0.1) is 0 Å². The number of hydrogen-bond donors (Lipinski definition) is 1. The Balaban J connectivity index is 1.89. The molecule has 1 aromatic rings. The van der Waals surface area contributed by atoms with Crippen molar-refractivity contribution in [1.29, 1.82) is 0 Å². The second kappa shape index (κ2) is 8.07. The summed E-state index contributed by atoms with van der Waals surface area (Å²) in [5.41, 5.74) is 0.857. The zero-order valence-corrected chi connectivity index (χ0v) is 14.3. The van der Waals surface area contributed by atoms with E-state index >= 15 is 0 Å². The van der Waals surface area contributed by atoms with Crippen molar-refractivity contribution < 1.29 is 4.79 Å². The van der Waals surface area contributed by atoms with Crippen LogP contribution in [0.2, 0.25) is 0 Å². The summed E-state index contributed by atoms with van der Waals surface area (Å²) < 4.78 is 1.71. The zero-order chi connectivity index (χ0) is 15.9. The third-order valence-corrected chi connectivity index (χ3v) is 4.24. The van der Waals surface area contributed by atoms with Gasteiger partial charge in [-0.2, -0.15) is 16.9 Å². The summed E-state index contributed by atoms with van der Waals surface area (Å²) >= 11 is 1.83. The van der Waals surface area contributed by atoms with Crippen molar-refractivity contribution in [3.05, 3.63) is 12.4 Å². The van der Waals surface area contributed by atoms with Crippen molar-refractivity contribution in [1.82, 2.24) is 20.0 Å². The van der Waals surface area contributed by atoms with E-state index in [2.05, 4.69) is 21.7 Å². The van der Waals surface area contributed by atoms with Gasteiger partial charge in [-0.05, 0) is 18.4 Å². The van der Waals surface area contributed by atoms with Crippen LogP contribution in [-0.2, 0) is 11.8 Å². The van der Waals surface area contributed by atoms with Crippen LogP contribution in [0.15, 0.2) is 17.4 Å². The quantitative estimate of drug-likeness (QED) is 0.482. The molecule has 0 aromatic carbocycles. The van der Waals surface area contributed by atoms with Crippen LogP contribution in [0.25, 0.3) is 0 Å². The lowest BCUT2D eigenvalue weighted by Gasteiger charge is -2.35. The number of nitrogens with one attached hydrogen (secondary N) is 1. The standard InChI is InChI=1S/C14H24N6OS/c1-15-14(16-5-4-8-22-3)19-6-7-20(13(21)11-19)12-9-17-18(2)10-12/h9-10H,4-8,11H2,1-3H3,(H,15,16). The van der Waals surface area contributed by atoms with Crippen LogP contribution in [0.3, 0.4) is 0 Å². The molecule has 0 spiro atoms. The number of carbonyl (C=O) groups is 1. The van der Waals surface area contributed by atoms with E-state index in [1.807, 2.05) is 29.9 Å². The molecule has 0 saturated carbocycles.